The van der Waals surface area contributed by atoms with Crippen molar-refractivity contribution in [3.63, 3.8) is 0 Å². The molecular formula is C22H26N6O. The molecule has 0 saturated carbocycles. The number of nitrogens with zero attached hydrogens (tertiary/aromatic N) is 5. The number of aromatic nitrogens is 4. The smallest absolute Gasteiger partial charge is 0.245 e. The van der Waals surface area contributed by atoms with Crippen LogP contribution in [0.15, 0.2) is 60.9 Å². The van der Waals surface area contributed by atoms with Crippen molar-refractivity contribution >= 4 is 5.91 Å². The summed E-state index contributed by atoms with van der Waals surface area (Å²) in [6.07, 6.45) is 3.09. The number of fused-ring (bicyclic) bond motifs is 1. The van der Waals surface area contributed by atoms with Crippen LogP contribution in [0.2, 0.25) is 0 Å². The van der Waals surface area contributed by atoms with E-state index in [0.717, 1.165) is 25.1 Å². The van der Waals surface area contributed by atoms with Gasteiger partial charge in [0.15, 0.2) is 0 Å². The van der Waals surface area contributed by atoms with Gasteiger partial charge in [-0.1, -0.05) is 54.6 Å². The topological polar surface area (TPSA) is 75.9 Å². The molecule has 2 aromatic carbocycles. The predicted molar refractivity (Wildman–Crippen MR) is 110 cm³/mol. The molecule has 2 atom stereocenters. The average Bonchev–Trinajstić information content (AvgIpc) is 3.30. The normalized spacial score (nSPS) is 16.0. The highest BCUT2D eigenvalue weighted by atomic mass is 16.2. The van der Waals surface area contributed by atoms with Crippen LogP contribution in [0.5, 0.6) is 0 Å². The van der Waals surface area contributed by atoms with Crippen molar-refractivity contribution in [3.8, 4) is 0 Å². The Morgan fingerprint density at radius 1 is 1.10 bits per heavy atom. The van der Waals surface area contributed by atoms with E-state index in [-0.39, 0.29) is 11.9 Å². The molecule has 0 radical (unpaired) electrons. The van der Waals surface area contributed by atoms with E-state index in [1.807, 2.05) is 30.3 Å². The molecule has 2 heterocycles. The average molecular weight is 390 g/mol. The molecular weight excluding hydrogens is 364 g/mol. The fourth-order valence-electron chi connectivity index (χ4n) is 3.84. The first kappa shape index (κ1) is 19.3. The molecule has 0 aliphatic carbocycles. The Kier molecular flexibility index (Phi) is 5.95. The Balaban J connectivity index is 1.38. The van der Waals surface area contributed by atoms with E-state index in [1.165, 1.54) is 22.1 Å². The monoisotopic (exact) mass is 390 g/mol. The molecule has 7 heteroatoms. The fraction of sp³-hybridized carbons (Fsp3) is 0.364. The predicted octanol–water partition coefficient (Wildman–Crippen LogP) is 2.02. The van der Waals surface area contributed by atoms with Gasteiger partial charge in [-0.25, -0.2) is 4.68 Å². The van der Waals surface area contributed by atoms with Gasteiger partial charge >= 0.3 is 0 Å². The van der Waals surface area contributed by atoms with E-state index in [2.05, 4.69) is 56.9 Å². The zero-order valence-corrected chi connectivity index (χ0v) is 16.6. The first-order valence-electron chi connectivity index (χ1n) is 10.1. The lowest BCUT2D eigenvalue weighted by Crippen LogP contribution is -2.46. The van der Waals surface area contributed by atoms with Crippen molar-refractivity contribution in [3.05, 3.63) is 77.6 Å². The molecule has 2 unspecified atom stereocenters. The maximum atomic E-state index is 13.0. The van der Waals surface area contributed by atoms with E-state index >= 15 is 0 Å². The lowest BCUT2D eigenvalue weighted by atomic mass is 9.99. The van der Waals surface area contributed by atoms with Crippen molar-refractivity contribution in [2.24, 2.45) is 0 Å². The fourth-order valence-corrected chi connectivity index (χ4v) is 3.84. The van der Waals surface area contributed by atoms with Gasteiger partial charge in [0.1, 0.15) is 12.4 Å². The van der Waals surface area contributed by atoms with Gasteiger partial charge < -0.3 is 5.32 Å². The van der Waals surface area contributed by atoms with Gasteiger partial charge in [0.05, 0.1) is 0 Å². The molecule has 1 aromatic heterocycles. The number of amides is 1. The Morgan fingerprint density at radius 3 is 2.62 bits per heavy atom. The number of carbonyl (C=O) groups excluding carboxylic acids is 1. The largest absolute Gasteiger partial charge is 0.353 e. The van der Waals surface area contributed by atoms with E-state index in [1.54, 1.807) is 0 Å². The van der Waals surface area contributed by atoms with Gasteiger partial charge in [-0.2, -0.15) is 0 Å². The third-order valence-corrected chi connectivity index (χ3v) is 5.61. The Hall–Kier alpha value is -3.06. The Morgan fingerprint density at radius 2 is 1.86 bits per heavy atom. The van der Waals surface area contributed by atoms with Gasteiger partial charge in [-0.05, 0) is 40.5 Å². The molecule has 4 rings (SSSR count). The maximum absolute atomic E-state index is 13.0. The summed E-state index contributed by atoms with van der Waals surface area (Å²) < 4.78 is 1.53. The summed E-state index contributed by atoms with van der Waals surface area (Å²) in [7, 11) is 0. The second-order valence-corrected chi connectivity index (χ2v) is 7.58. The SMILES string of the molecule is CC(CNC(=O)C(Cc1ccccc1)n1cnnn1)N1CCc2ccccc2C1. The molecule has 1 N–H and O–H groups in total. The molecule has 150 valence electrons. The van der Waals surface area contributed by atoms with E-state index in [9.17, 15) is 4.79 Å². The van der Waals surface area contributed by atoms with Crippen LogP contribution >= 0.6 is 0 Å². The minimum Gasteiger partial charge on any atom is -0.353 e. The molecule has 1 amide bonds. The van der Waals surface area contributed by atoms with Crippen LogP contribution in [0, 0.1) is 0 Å². The van der Waals surface area contributed by atoms with Crippen LogP contribution in [0.4, 0.5) is 0 Å². The van der Waals surface area contributed by atoms with Crippen LogP contribution in [-0.4, -0.2) is 50.1 Å². The highest BCUT2D eigenvalue weighted by Crippen LogP contribution is 2.20. The molecule has 0 bridgehead atoms. The van der Waals surface area contributed by atoms with Gasteiger partial charge in [0, 0.05) is 32.1 Å². The van der Waals surface area contributed by atoms with Crippen LogP contribution in [-0.2, 0) is 24.2 Å². The third kappa shape index (κ3) is 4.68. The number of nitrogens with one attached hydrogen (secondary N) is 1. The summed E-state index contributed by atoms with van der Waals surface area (Å²) in [5.74, 6) is -0.0644. The van der Waals surface area contributed by atoms with Gasteiger partial charge in [-0.15, -0.1) is 5.10 Å². The number of benzene rings is 2. The summed E-state index contributed by atoms with van der Waals surface area (Å²) in [5.41, 5.74) is 3.89. The van der Waals surface area contributed by atoms with E-state index < -0.39 is 6.04 Å². The van der Waals surface area contributed by atoms with Gasteiger partial charge in [0.2, 0.25) is 5.91 Å². The second kappa shape index (κ2) is 8.96. The lowest BCUT2D eigenvalue weighted by molar-refractivity contribution is -0.124. The summed E-state index contributed by atoms with van der Waals surface area (Å²) in [4.78, 5) is 15.4. The van der Waals surface area contributed by atoms with E-state index in [4.69, 9.17) is 0 Å². The summed E-state index contributed by atoms with van der Waals surface area (Å²) in [6, 6.07) is 18.3. The molecule has 3 aromatic rings. The molecule has 7 nitrogen and oxygen atoms in total. The zero-order chi connectivity index (χ0) is 20.1. The molecule has 0 saturated heterocycles. The number of hydrogen-bond acceptors (Lipinski definition) is 5. The number of carbonyl (C=O) groups is 1. The molecule has 1 aliphatic heterocycles. The van der Waals surface area contributed by atoms with Crippen LogP contribution in [0.3, 0.4) is 0 Å². The van der Waals surface area contributed by atoms with Gasteiger partial charge in [0.25, 0.3) is 0 Å². The van der Waals surface area contributed by atoms with Crippen LogP contribution in [0.1, 0.15) is 29.7 Å². The highest BCUT2D eigenvalue weighted by Gasteiger charge is 2.25. The van der Waals surface area contributed by atoms with Crippen LogP contribution < -0.4 is 5.32 Å². The van der Waals surface area contributed by atoms with Crippen LogP contribution in [0.25, 0.3) is 0 Å². The third-order valence-electron chi connectivity index (χ3n) is 5.61. The quantitative estimate of drug-likeness (QED) is 0.668. The number of hydrogen-bond donors (Lipinski definition) is 1. The summed E-state index contributed by atoms with van der Waals surface area (Å²) >= 11 is 0. The second-order valence-electron chi connectivity index (χ2n) is 7.58. The van der Waals surface area contributed by atoms with Crippen molar-refractivity contribution in [1.29, 1.82) is 0 Å². The highest BCUT2D eigenvalue weighted by molar-refractivity contribution is 5.80. The van der Waals surface area contributed by atoms with Crippen molar-refractivity contribution in [2.75, 3.05) is 13.1 Å². The van der Waals surface area contributed by atoms with Gasteiger partial charge in [-0.3, -0.25) is 9.69 Å². The molecule has 29 heavy (non-hydrogen) atoms. The van der Waals surface area contributed by atoms with Crippen molar-refractivity contribution < 1.29 is 4.79 Å². The lowest BCUT2D eigenvalue weighted by Gasteiger charge is -2.34. The number of rotatable bonds is 7. The minimum atomic E-state index is -0.471. The summed E-state index contributed by atoms with van der Waals surface area (Å²) in [5, 5.41) is 14.5. The standard InChI is InChI=1S/C22H26N6O/c1-17(27-12-11-19-9-5-6-10-20(19)15-27)14-23-22(29)21(28-16-24-25-26-28)13-18-7-3-2-4-8-18/h2-10,16-17,21H,11-15H2,1H3,(H,23,29). The summed E-state index contributed by atoms with van der Waals surface area (Å²) in [6.45, 7) is 4.69. The Labute approximate surface area is 170 Å². The first-order chi connectivity index (χ1) is 14.2. The maximum Gasteiger partial charge on any atom is 0.245 e. The molecule has 1 aliphatic rings. The van der Waals surface area contributed by atoms with E-state index in [0.29, 0.717) is 13.0 Å². The number of tetrazole rings is 1. The Bertz CT molecular complexity index is 927. The first-order valence-corrected chi connectivity index (χ1v) is 10.1. The minimum absolute atomic E-state index is 0.0644. The molecule has 0 spiro atoms. The van der Waals surface area contributed by atoms with Crippen molar-refractivity contribution in [2.45, 2.75) is 38.4 Å². The van der Waals surface area contributed by atoms with Crippen molar-refractivity contribution in [1.82, 2.24) is 30.4 Å². The molecule has 0 fully saturated rings. The zero-order valence-electron chi connectivity index (χ0n) is 16.6.